The van der Waals surface area contributed by atoms with E-state index >= 15 is 0 Å². The number of hydrogen-bond donors (Lipinski definition) is 1. The summed E-state index contributed by atoms with van der Waals surface area (Å²) in [6, 6.07) is 0. The number of aromatic nitrogens is 2. The number of thioether (sulfide) groups is 1. The fourth-order valence-electron chi connectivity index (χ4n) is 1.48. The van der Waals surface area contributed by atoms with E-state index in [1.807, 2.05) is 11.8 Å². The largest absolute Gasteiger partial charge is 0.325 e. The van der Waals surface area contributed by atoms with Gasteiger partial charge in [-0.05, 0) is 6.54 Å². The van der Waals surface area contributed by atoms with Crippen molar-refractivity contribution in [1.29, 1.82) is 0 Å². The molecule has 0 aliphatic carbocycles. The van der Waals surface area contributed by atoms with Crippen molar-refractivity contribution in [2.45, 2.75) is 25.0 Å². The molecule has 1 aliphatic heterocycles. The molecule has 1 N–H and O–H groups in total. The van der Waals surface area contributed by atoms with Crippen LogP contribution in [0.3, 0.4) is 0 Å². The zero-order valence-electron chi connectivity index (χ0n) is 7.92. The summed E-state index contributed by atoms with van der Waals surface area (Å²) in [7, 11) is 0. The summed E-state index contributed by atoms with van der Waals surface area (Å²) in [5, 5.41) is 4.51. The molecule has 2 rings (SSSR count). The van der Waals surface area contributed by atoms with Gasteiger partial charge in [0, 0.05) is 31.5 Å². The van der Waals surface area contributed by atoms with Gasteiger partial charge in [-0.1, -0.05) is 18.7 Å². The standard InChI is InChI=1S/C9H15N3S/c1-2-10-4-3-8-7-12-5-6-13-9(12)11-8/h7,10H,2-6H2,1H3. The van der Waals surface area contributed by atoms with Crippen LogP contribution in [-0.4, -0.2) is 28.4 Å². The van der Waals surface area contributed by atoms with Crippen molar-refractivity contribution in [1.82, 2.24) is 14.9 Å². The number of nitrogens with one attached hydrogen (secondary N) is 1. The van der Waals surface area contributed by atoms with Crippen LogP contribution in [0.25, 0.3) is 0 Å². The Morgan fingerprint density at radius 1 is 1.69 bits per heavy atom. The van der Waals surface area contributed by atoms with Crippen LogP contribution < -0.4 is 5.32 Å². The van der Waals surface area contributed by atoms with Crippen molar-refractivity contribution in [3.05, 3.63) is 11.9 Å². The zero-order chi connectivity index (χ0) is 9.10. The maximum atomic E-state index is 4.55. The quantitative estimate of drug-likeness (QED) is 0.734. The average molecular weight is 197 g/mol. The van der Waals surface area contributed by atoms with Crippen LogP contribution >= 0.6 is 11.8 Å². The topological polar surface area (TPSA) is 29.9 Å². The molecular formula is C9H15N3S. The van der Waals surface area contributed by atoms with Gasteiger partial charge in [-0.15, -0.1) is 0 Å². The first-order valence-electron chi connectivity index (χ1n) is 4.79. The van der Waals surface area contributed by atoms with Crippen molar-refractivity contribution < 1.29 is 0 Å². The Hall–Kier alpha value is -0.480. The van der Waals surface area contributed by atoms with Crippen molar-refractivity contribution in [2.75, 3.05) is 18.8 Å². The highest BCUT2D eigenvalue weighted by Crippen LogP contribution is 2.24. The van der Waals surface area contributed by atoms with Gasteiger partial charge in [0.15, 0.2) is 5.16 Å². The maximum Gasteiger partial charge on any atom is 0.168 e. The molecule has 0 saturated carbocycles. The molecule has 1 aliphatic rings. The monoisotopic (exact) mass is 197 g/mol. The summed E-state index contributed by atoms with van der Waals surface area (Å²) in [6.45, 7) is 5.34. The highest BCUT2D eigenvalue weighted by atomic mass is 32.2. The second-order valence-corrected chi connectivity index (χ2v) is 4.22. The predicted octanol–water partition coefficient (Wildman–Crippen LogP) is 1.14. The third kappa shape index (κ3) is 2.06. The van der Waals surface area contributed by atoms with Crippen LogP contribution in [-0.2, 0) is 13.0 Å². The minimum atomic E-state index is 1.04. The second-order valence-electron chi connectivity index (χ2n) is 3.16. The van der Waals surface area contributed by atoms with E-state index in [9.17, 15) is 0 Å². The van der Waals surface area contributed by atoms with Crippen molar-refractivity contribution in [2.24, 2.45) is 0 Å². The third-order valence-electron chi connectivity index (χ3n) is 2.16. The Labute approximate surface area is 82.9 Å². The first-order chi connectivity index (χ1) is 6.40. The smallest absolute Gasteiger partial charge is 0.168 e. The summed E-state index contributed by atoms with van der Waals surface area (Å²) in [5.41, 5.74) is 1.23. The molecule has 2 heterocycles. The fraction of sp³-hybridized carbons (Fsp3) is 0.667. The lowest BCUT2D eigenvalue weighted by Crippen LogP contribution is -2.16. The van der Waals surface area contributed by atoms with E-state index in [1.54, 1.807) is 0 Å². The summed E-state index contributed by atoms with van der Waals surface area (Å²) in [4.78, 5) is 4.55. The van der Waals surface area contributed by atoms with E-state index in [2.05, 4.69) is 28.0 Å². The second kappa shape index (κ2) is 4.15. The first-order valence-corrected chi connectivity index (χ1v) is 5.78. The number of fused-ring (bicyclic) bond motifs is 1. The van der Waals surface area contributed by atoms with Gasteiger partial charge in [-0.3, -0.25) is 0 Å². The Balaban J connectivity index is 1.91. The normalized spacial score (nSPS) is 14.8. The van der Waals surface area contributed by atoms with E-state index in [0.29, 0.717) is 0 Å². The molecular weight excluding hydrogens is 182 g/mol. The maximum absolute atomic E-state index is 4.55. The fourth-order valence-corrected chi connectivity index (χ4v) is 2.44. The predicted molar refractivity (Wildman–Crippen MR) is 55.2 cm³/mol. The van der Waals surface area contributed by atoms with Crippen molar-refractivity contribution in [3.63, 3.8) is 0 Å². The van der Waals surface area contributed by atoms with Gasteiger partial charge >= 0.3 is 0 Å². The molecule has 3 nitrogen and oxygen atoms in total. The number of imidazole rings is 1. The summed E-state index contributed by atoms with van der Waals surface area (Å²) in [5.74, 6) is 1.19. The van der Waals surface area contributed by atoms with Crippen LogP contribution in [0.5, 0.6) is 0 Å². The molecule has 1 aromatic heterocycles. The minimum absolute atomic E-state index is 1.04. The Kier molecular flexibility index (Phi) is 2.90. The number of likely N-dealkylation sites (N-methyl/N-ethyl adjacent to an activating group) is 1. The lowest BCUT2D eigenvalue weighted by molar-refractivity contribution is 0.708. The van der Waals surface area contributed by atoms with Gasteiger partial charge in [-0.25, -0.2) is 4.98 Å². The zero-order valence-corrected chi connectivity index (χ0v) is 8.73. The van der Waals surface area contributed by atoms with Gasteiger partial charge < -0.3 is 9.88 Å². The Morgan fingerprint density at radius 2 is 2.62 bits per heavy atom. The van der Waals surface area contributed by atoms with Gasteiger partial charge in [0.2, 0.25) is 0 Å². The minimum Gasteiger partial charge on any atom is -0.325 e. The van der Waals surface area contributed by atoms with Crippen LogP contribution in [0.4, 0.5) is 0 Å². The van der Waals surface area contributed by atoms with Crippen LogP contribution in [0.1, 0.15) is 12.6 Å². The number of nitrogens with zero attached hydrogens (tertiary/aromatic N) is 2. The van der Waals surface area contributed by atoms with Crippen LogP contribution in [0.15, 0.2) is 11.4 Å². The lowest BCUT2D eigenvalue weighted by atomic mass is 10.3. The molecule has 1 aromatic rings. The molecule has 0 bridgehead atoms. The SMILES string of the molecule is CCNCCc1cn2c(n1)SCC2. The summed E-state index contributed by atoms with van der Waals surface area (Å²) in [6.07, 6.45) is 3.24. The number of hydrogen-bond acceptors (Lipinski definition) is 3. The van der Waals surface area contributed by atoms with Crippen LogP contribution in [0, 0.1) is 0 Å². The van der Waals surface area contributed by atoms with Gasteiger partial charge in [0.1, 0.15) is 0 Å². The first kappa shape index (κ1) is 9.09. The molecule has 0 atom stereocenters. The molecule has 0 unspecified atom stereocenters. The van der Waals surface area contributed by atoms with Crippen molar-refractivity contribution in [3.8, 4) is 0 Å². The molecule has 0 fully saturated rings. The lowest BCUT2D eigenvalue weighted by Gasteiger charge is -1.97. The van der Waals surface area contributed by atoms with E-state index < -0.39 is 0 Å². The highest BCUT2D eigenvalue weighted by molar-refractivity contribution is 7.99. The molecule has 0 spiro atoms. The van der Waals surface area contributed by atoms with E-state index in [0.717, 1.165) is 26.1 Å². The molecule has 0 radical (unpaired) electrons. The third-order valence-corrected chi connectivity index (χ3v) is 3.13. The molecule has 0 saturated heterocycles. The van der Waals surface area contributed by atoms with Gasteiger partial charge in [0.25, 0.3) is 0 Å². The molecule has 72 valence electrons. The molecule has 13 heavy (non-hydrogen) atoms. The van der Waals surface area contributed by atoms with Crippen LogP contribution in [0.2, 0.25) is 0 Å². The molecule has 0 amide bonds. The summed E-state index contributed by atoms with van der Waals surface area (Å²) < 4.78 is 2.26. The Morgan fingerprint density at radius 3 is 3.38 bits per heavy atom. The molecule has 4 heteroatoms. The highest BCUT2D eigenvalue weighted by Gasteiger charge is 2.13. The number of rotatable bonds is 4. The van der Waals surface area contributed by atoms with E-state index in [4.69, 9.17) is 0 Å². The molecule has 0 aromatic carbocycles. The van der Waals surface area contributed by atoms with E-state index in [1.165, 1.54) is 16.6 Å². The average Bonchev–Trinajstić information content (AvgIpc) is 2.64. The van der Waals surface area contributed by atoms with Gasteiger partial charge in [0.05, 0.1) is 5.69 Å². The Bertz CT molecular complexity index is 261. The van der Waals surface area contributed by atoms with E-state index in [-0.39, 0.29) is 0 Å². The summed E-state index contributed by atoms with van der Waals surface area (Å²) >= 11 is 1.86. The van der Waals surface area contributed by atoms with Crippen molar-refractivity contribution >= 4 is 11.8 Å². The number of aryl methyl sites for hydroxylation is 1. The van der Waals surface area contributed by atoms with Gasteiger partial charge in [-0.2, -0.15) is 0 Å².